The topological polar surface area (TPSA) is 84.6 Å². The van der Waals surface area contributed by atoms with Crippen LogP contribution in [-0.2, 0) is 14.4 Å². The van der Waals surface area contributed by atoms with E-state index in [0.717, 1.165) is 5.56 Å². The smallest absolute Gasteiger partial charge is 0.295 e. The van der Waals surface area contributed by atoms with E-state index in [1.165, 1.54) is 4.90 Å². The molecule has 0 N–H and O–H groups in total. The molecule has 2 aromatic heterocycles. The van der Waals surface area contributed by atoms with Crippen molar-refractivity contribution in [3.05, 3.63) is 58.5 Å². The van der Waals surface area contributed by atoms with Crippen molar-refractivity contribution in [3.8, 4) is 0 Å². The molecule has 0 bridgehead atoms. The molecule has 1 aromatic carbocycles. The summed E-state index contributed by atoms with van der Waals surface area (Å²) in [5.74, 6) is -2.03. The van der Waals surface area contributed by atoms with Crippen LogP contribution >= 0.6 is 11.6 Å². The van der Waals surface area contributed by atoms with Crippen LogP contribution in [0.5, 0.6) is 0 Å². The fourth-order valence-electron chi connectivity index (χ4n) is 3.87. The molecule has 0 aliphatic carbocycles. The van der Waals surface area contributed by atoms with Gasteiger partial charge in [0.05, 0.1) is 11.7 Å². The lowest BCUT2D eigenvalue weighted by atomic mass is 9.88. The van der Waals surface area contributed by atoms with Gasteiger partial charge in [0.25, 0.3) is 5.91 Å². The Kier molecular flexibility index (Phi) is 4.70. The molecule has 3 aromatic rings. The van der Waals surface area contributed by atoms with E-state index < -0.39 is 23.7 Å². The van der Waals surface area contributed by atoms with Crippen LogP contribution in [0.25, 0.3) is 5.65 Å². The molecule has 4 rings (SSSR count). The van der Waals surface area contributed by atoms with Crippen molar-refractivity contribution in [3.63, 3.8) is 0 Å². The van der Waals surface area contributed by atoms with E-state index >= 15 is 0 Å². The Labute approximate surface area is 172 Å². The van der Waals surface area contributed by atoms with Gasteiger partial charge in [-0.15, -0.1) is 10.2 Å². The second-order valence-electron chi connectivity index (χ2n) is 7.16. The van der Waals surface area contributed by atoms with Crippen molar-refractivity contribution in [2.75, 3.05) is 4.90 Å². The fourth-order valence-corrected chi connectivity index (χ4v) is 4.00. The van der Waals surface area contributed by atoms with Crippen LogP contribution in [0.3, 0.4) is 0 Å². The predicted molar refractivity (Wildman–Crippen MR) is 108 cm³/mol. The zero-order valence-corrected chi connectivity index (χ0v) is 17.0. The number of ketones is 2. The summed E-state index contributed by atoms with van der Waals surface area (Å²) in [7, 11) is 0. The molecular formula is C21H19ClN4O3. The van der Waals surface area contributed by atoms with Gasteiger partial charge in [-0.05, 0) is 43.2 Å². The van der Waals surface area contributed by atoms with Crippen molar-refractivity contribution in [1.29, 1.82) is 0 Å². The molecule has 2 atom stereocenters. The molecule has 29 heavy (non-hydrogen) atoms. The van der Waals surface area contributed by atoms with Gasteiger partial charge in [-0.1, -0.05) is 30.7 Å². The number of pyridine rings is 1. The molecule has 1 aliphatic heterocycles. The molecule has 2 unspecified atom stereocenters. The molecule has 8 heteroatoms. The Bertz CT molecular complexity index is 1150. The highest BCUT2D eigenvalue weighted by atomic mass is 35.5. The van der Waals surface area contributed by atoms with Crippen molar-refractivity contribution in [2.45, 2.75) is 33.2 Å². The number of anilines is 1. The Balaban J connectivity index is 1.93. The predicted octanol–water partition coefficient (Wildman–Crippen LogP) is 3.25. The molecule has 1 saturated heterocycles. The molecule has 0 spiro atoms. The third-order valence-electron chi connectivity index (χ3n) is 5.34. The van der Waals surface area contributed by atoms with E-state index in [9.17, 15) is 14.4 Å². The monoisotopic (exact) mass is 410 g/mol. The molecule has 3 heterocycles. The van der Waals surface area contributed by atoms with Crippen molar-refractivity contribution in [1.82, 2.24) is 14.6 Å². The van der Waals surface area contributed by atoms with Gasteiger partial charge in [-0.2, -0.15) is 0 Å². The lowest BCUT2D eigenvalue weighted by molar-refractivity contribution is -0.139. The number of aromatic nitrogens is 3. The summed E-state index contributed by atoms with van der Waals surface area (Å²) in [6, 6.07) is 7.93. The third-order valence-corrected chi connectivity index (χ3v) is 5.59. The minimum absolute atomic E-state index is 0.171. The van der Waals surface area contributed by atoms with Gasteiger partial charge < -0.3 is 0 Å². The van der Waals surface area contributed by atoms with Gasteiger partial charge in [-0.25, -0.2) is 0 Å². The summed E-state index contributed by atoms with van der Waals surface area (Å²) in [6.45, 7) is 5.36. The molecular weight excluding hydrogens is 392 g/mol. The third kappa shape index (κ3) is 3.02. The van der Waals surface area contributed by atoms with E-state index in [1.54, 1.807) is 54.8 Å². The number of aryl methyl sites for hydroxylation is 2. The number of amides is 1. The van der Waals surface area contributed by atoms with E-state index in [4.69, 9.17) is 11.6 Å². The Morgan fingerprint density at radius 2 is 1.83 bits per heavy atom. The van der Waals surface area contributed by atoms with Gasteiger partial charge in [0, 0.05) is 17.6 Å². The van der Waals surface area contributed by atoms with Crippen molar-refractivity contribution in [2.24, 2.45) is 5.92 Å². The van der Waals surface area contributed by atoms with Gasteiger partial charge in [0.2, 0.25) is 5.78 Å². The first-order valence-electron chi connectivity index (χ1n) is 9.31. The lowest BCUT2D eigenvalue weighted by Gasteiger charge is -2.27. The highest BCUT2D eigenvalue weighted by Crippen LogP contribution is 2.41. The number of hydrogen-bond acceptors (Lipinski definition) is 5. The number of carbonyl (C=O) groups excluding carboxylic acids is 3. The maximum absolute atomic E-state index is 13.0. The lowest BCUT2D eigenvalue weighted by Crippen LogP contribution is -2.30. The Morgan fingerprint density at radius 3 is 2.48 bits per heavy atom. The van der Waals surface area contributed by atoms with Crippen molar-refractivity contribution < 1.29 is 14.4 Å². The number of rotatable bonds is 4. The molecule has 0 radical (unpaired) electrons. The van der Waals surface area contributed by atoms with Gasteiger partial charge in [-0.3, -0.25) is 23.7 Å². The highest BCUT2D eigenvalue weighted by molar-refractivity contribution is 6.48. The van der Waals surface area contributed by atoms with Crippen LogP contribution in [0.15, 0.2) is 36.5 Å². The number of benzene rings is 1. The normalized spacial score (nSPS) is 19.4. The molecule has 148 valence electrons. The van der Waals surface area contributed by atoms with Gasteiger partial charge in [0.1, 0.15) is 17.5 Å². The van der Waals surface area contributed by atoms with Gasteiger partial charge >= 0.3 is 0 Å². The molecule has 0 saturated carbocycles. The number of nitrogens with zero attached hydrogens (tertiary/aromatic N) is 4. The zero-order valence-electron chi connectivity index (χ0n) is 16.2. The second kappa shape index (κ2) is 7.08. The average Bonchev–Trinajstić information content (AvgIpc) is 3.20. The van der Waals surface area contributed by atoms with Crippen LogP contribution in [0.1, 0.15) is 36.3 Å². The zero-order chi connectivity index (χ0) is 20.9. The van der Waals surface area contributed by atoms with Crippen LogP contribution in [0.4, 0.5) is 5.69 Å². The number of carbonyl (C=O) groups is 3. The summed E-state index contributed by atoms with van der Waals surface area (Å²) in [5, 5.41) is 8.75. The largest absolute Gasteiger partial charge is 0.299 e. The van der Waals surface area contributed by atoms with Gasteiger partial charge in [0.15, 0.2) is 5.65 Å². The number of hydrogen-bond donors (Lipinski definition) is 0. The Morgan fingerprint density at radius 1 is 1.14 bits per heavy atom. The van der Waals surface area contributed by atoms with Crippen LogP contribution in [-0.4, -0.2) is 32.1 Å². The molecule has 1 fully saturated rings. The SMILES string of the molecule is CCC(=O)C1C(=O)C(=O)N(c2cc(C)c3nnc(C)n3c2)C1c1ccc(Cl)cc1. The Hall–Kier alpha value is -3.06. The van der Waals surface area contributed by atoms with Crippen LogP contribution < -0.4 is 4.90 Å². The first kappa shape index (κ1) is 19.3. The van der Waals surface area contributed by atoms with Crippen LogP contribution in [0, 0.1) is 19.8 Å². The minimum Gasteiger partial charge on any atom is -0.299 e. The molecule has 7 nitrogen and oxygen atoms in total. The summed E-state index contributed by atoms with van der Waals surface area (Å²) < 4.78 is 1.77. The first-order chi connectivity index (χ1) is 13.8. The quantitative estimate of drug-likeness (QED) is 0.487. The average molecular weight is 411 g/mol. The van der Waals surface area contributed by atoms with E-state index in [1.807, 2.05) is 6.92 Å². The second-order valence-corrected chi connectivity index (χ2v) is 7.59. The number of halogens is 1. The first-order valence-corrected chi connectivity index (χ1v) is 9.68. The maximum Gasteiger partial charge on any atom is 0.295 e. The van der Waals surface area contributed by atoms with E-state index in [-0.39, 0.29) is 12.2 Å². The maximum atomic E-state index is 13.0. The molecule has 1 amide bonds. The number of Topliss-reactive ketones (excluding diaryl/α,β-unsaturated/α-hetero) is 2. The van der Waals surface area contributed by atoms with E-state index in [2.05, 4.69) is 10.2 Å². The standard InChI is InChI=1S/C21H19ClN4O3/c1-4-16(27)17-18(13-5-7-14(22)8-6-13)26(21(29)19(17)28)15-9-11(2)20-24-23-12(3)25(20)10-15/h5-10,17-18H,4H2,1-3H3. The number of fused-ring (bicyclic) bond motifs is 1. The summed E-state index contributed by atoms with van der Waals surface area (Å²) in [5.41, 5.74) is 2.68. The fraction of sp³-hybridized carbons (Fsp3) is 0.286. The van der Waals surface area contributed by atoms with E-state index in [0.29, 0.717) is 27.7 Å². The van der Waals surface area contributed by atoms with Crippen molar-refractivity contribution >= 4 is 40.4 Å². The summed E-state index contributed by atoms with van der Waals surface area (Å²) in [6.07, 6.45) is 1.90. The summed E-state index contributed by atoms with van der Waals surface area (Å²) >= 11 is 6.01. The van der Waals surface area contributed by atoms with Crippen LogP contribution in [0.2, 0.25) is 5.02 Å². The minimum atomic E-state index is -1.05. The summed E-state index contributed by atoms with van der Waals surface area (Å²) in [4.78, 5) is 39.9. The highest BCUT2D eigenvalue weighted by Gasteiger charge is 2.51. The molecule has 1 aliphatic rings.